The molecule has 170 valence electrons. The minimum atomic E-state index is -0.115. The van der Waals surface area contributed by atoms with Crippen LogP contribution >= 0.6 is 23.2 Å². The monoisotopic (exact) mass is 484 g/mol. The van der Waals surface area contributed by atoms with E-state index in [9.17, 15) is 0 Å². The van der Waals surface area contributed by atoms with Crippen LogP contribution in [-0.2, 0) is 4.74 Å². The van der Waals surface area contributed by atoms with E-state index in [4.69, 9.17) is 32.7 Å². The van der Waals surface area contributed by atoms with Gasteiger partial charge in [-0.3, -0.25) is 4.98 Å². The van der Waals surface area contributed by atoms with Crippen molar-refractivity contribution in [3.8, 4) is 5.75 Å². The average Bonchev–Trinajstić information content (AvgIpc) is 3.46. The number of benzene rings is 1. The molecule has 1 saturated heterocycles. The van der Waals surface area contributed by atoms with Crippen LogP contribution in [0, 0.1) is 0 Å². The summed E-state index contributed by atoms with van der Waals surface area (Å²) in [5, 5.41) is 2.61. The van der Waals surface area contributed by atoms with Crippen LogP contribution in [0.15, 0.2) is 48.0 Å². The summed E-state index contributed by atoms with van der Waals surface area (Å²) in [6.07, 6.45) is 8.39. The van der Waals surface area contributed by atoms with E-state index in [0.29, 0.717) is 28.2 Å². The number of halogens is 2. The van der Waals surface area contributed by atoms with E-state index in [1.807, 2.05) is 54.0 Å². The fraction of sp³-hybridized carbons (Fsp3) is 0.304. The predicted octanol–water partition coefficient (Wildman–Crippen LogP) is 5.26. The Labute approximate surface area is 200 Å². The number of aliphatic imine (C=N–C) groups is 1. The van der Waals surface area contributed by atoms with Crippen LogP contribution < -0.4 is 4.74 Å². The Morgan fingerprint density at radius 2 is 2.06 bits per heavy atom. The number of hydrogen-bond acceptors (Lipinski definition) is 6. The van der Waals surface area contributed by atoms with Crippen molar-refractivity contribution >= 4 is 57.3 Å². The highest BCUT2D eigenvalue weighted by atomic mass is 35.5. The third kappa shape index (κ3) is 4.46. The van der Waals surface area contributed by atoms with Crippen LogP contribution in [0.3, 0.4) is 0 Å². The summed E-state index contributed by atoms with van der Waals surface area (Å²) in [7, 11) is 3.83. The van der Waals surface area contributed by atoms with Crippen molar-refractivity contribution in [2.24, 2.45) is 4.99 Å². The molecule has 0 amide bonds. The molecule has 0 saturated carbocycles. The largest absolute Gasteiger partial charge is 0.491 e. The lowest BCUT2D eigenvalue weighted by Gasteiger charge is -2.16. The second kappa shape index (κ2) is 9.13. The van der Waals surface area contributed by atoms with Gasteiger partial charge < -0.3 is 18.9 Å². The lowest BCUT2D eigenvalue weighted by atomic mass is 10.2. The first-order valence-corrected chi connectivity index (χ1v) is 11.3. The predicted molar refractivity (Wildman–Crippen MR) is 130 cm³/mol. The molecule has 33 heavy (non-hydrogen) atoms. The number of fused-ring (bicyclic) bond motifs is 2. The van der Waals surface area contributed by atoms with Gasteiger partial charge in [-0.25, -0.2) is 15.0 Å². The number of ether oxygens (including phenoxy) is 2. The Balaban J connectivity index is 1.27. The van der Waals surface area contributed by atoms with Crippen molar-refractivity contribution in [3.05, 3.63) is 53.0 Å². The van der Waals surface area contributed by atoms with Gasteiger partial charge >= 0.3 is 0 Å². The minimum Gasteiger partial charge on any atom is -0.491 e. The van der Waals surface area contributed by atoms with Crippen LogP contribution in [0.25, 0.3) is 21.9 Å². The molecule has 0 unspecified atom stereocenters. The maximum absolute atomic E-state index is 6.27. The molecule has 0 bridgehead atoms. The summed E-state index contributed by atoms with van der Waals surface area (Å²) in [6.45, 7) is 0.440. The molecule has 1 fully saturated rings. The Kier molecular flexibility index (Phi) is 6.05. The van der Waals surface area contributed by atoms with Gasteiger partial charge in [-0.05, 0) is 31.0 Å². The van der Waals surface area contributed by atoms with Crippen molar-refractivity contribution < 1.29 is 9.47 Å². The van der Waals surface area contributed by atoms with E-state index in [1.165, 1.54) is 6.33 Å². The lowest BCUT2D eigenvalue weighted by molar-refractivity contribution is -0.0156. The van der Waals surface area contributed by atoms with Crippen LogP contribution in [0.2, 0.25) is 10.0 Å². The van der Waals surface area contributed by atoms with Gasteiger partial charge in [0.25, 0.3) is 0 Å². The van der Waals surface area contributed by atoms with Gasteiger partial charge in [0, 0.05) is 37.9 Å². The number of rotatable bonds is 6. The third-order valence-electron chi connectivity index (χ3n) is 5.46. The van der Waals surface area contributed by atoms with Gasteiger partial charge in [-0.15, -0.1) is 0 Å². The summed E-state index contributed by atoms with van der Waals surface area (Å²) in [6, 6.07) is 7.57. The summed E-state index contributed by atoms with van der Waals surface area (Å²) in [5.74, 6) is 1.35. The normalized spacial score (nSPS) is 18.5. The molecule has 0 N–H and O–H groups in total. The molecule has 5 rings (SSSR count). The van der Waals surface area contributed by atoms with Crippen LogP contribution in [0.4, 0.5) is 5.82 Å². The molecule has 0 radical (unpaired) electrons. The maximum atomic E-state index is 6.27. The standard InChI is InChI=1S/C23H22Cl2N6O2/c1-30(2)13-29-22-17-7-8-31(23(17)28-12-27-22)20-6-4-15(33-20)11-32-14-3-5-16-19(9-14)26-10-18(24)21(16)25/h3,5,7-10,12-13,15,20H,4,6,11H2,1-2H3/t15-,20+/m0/s1. The number of nitrogens with zero attached hydrogens (tertiary/aromatic N) is 6. The van der Waals surface area contributed by atoms with Crippen LogP contribution in [-0.4, -0.2) is 57.6 Å². The van der Waals surface area contributed by atoms with Gasteiger partial charge in [0.2, 0.25) is 0 Å². The van der Waals surface area contributed by atoms with Crippen molar-refractivity contribution in [2.75, 3.05) is 20.7 Å². The van der Waals surface area contributed by atoms with E-state index in [0.717, 1.165) is 34.8 Å². The fourth-order valence-corrected chi connectivity index (χ4v) is 4.23. The van der Waals surface area contributed by atoms with Gasteiger partial charge in [-0.1, -0.05) is 23.2 Å². The van der Waals surface area contributed by atoms with Crippen molar-refractivity contribution in [3.63, 3.8) is 0 Å². The quantitative estimate of drug-likeness (QED) is 0.274. The number of pyridine rings is 1. The SMILES string of the molecule is CN(C)C=Nc1ncnc2c1ccn2[C@H]1CC[C@@H](COc2ccc3c(Cl)c(Cl)cnc3c2)O1. The molecule has 1 aliphatic rings. The maximum Gasteiger partial charge on any atom is 0.166 e. The molecule has 4 heterocycles. The number of aromatic nitrogens is 4. The summed E-state index contributed by atoms with van der Waals surface area (Å²) in [5.41, 5.74) is 1.54. The summed E-state index contributed by atoms with van der Waals surface area (Å²) in [4.78, 5) is 19.4. The van der Waals surface area contributed by atoms with E-state index in [2.05, 4.69) is 19.9 Å². The average molecular weight is 485 g/mol. The van der Waals surface area contributed by atoms with Gasteiger partial charge in [0.15, 0.2) is 5.82 Å². The molecule has 0 spiro atoms. The molecule has 2 atom stereocenters. The highest BCUT2D eigenvalue weighted by molar-refractivity contribution is 6.45. The van der Waals surface area contributed by atoms with Gasteiger partial charge in [0.1, 0.15) is 30.6 Å². The van der Waals surface area contributed by atoms with Crippen molar-refractivity contribution in [1.82, 2.24) is 24.4 Å². The fourth-order valence-electron chi connectivity index (χ4n) is 3.87. The lowest BCUT2D eigenvalue weighted by Crippen LogP contribution is -2.18. The van der Waals surface area contributed by atoms with Gasteiger partial charge in [-0.2, -0.15) is 0 Å². The molecule has 10 heteroatoms. The Morgan fingerprint density at radius 3 is 2.91 bits per heavy atom. The van der Waals surface area contributed by atoms with E-state index in [-0.39, 0.29) is 12.3 Å². The first-order chi connectivity index (χ1) is 16.0. The van der Waals surface area contributed by atoms with Crippen molar-refractivity contribution in [2.45, 2.75) is 25.2 Å². The van der Waals surface area contributed by atoms with Crippen LogP contribution in [0.1, 0.15) is 19.1 Å². The highest BCUT2D eigenvalue weighted by Crippen LogP contribution is 2.34. The topological polar surface area (TPSA) is 77.7 Å². The zero-order valence-electron chi connectivity index (χ0n) is 18.2. The van der Waals surface area contributed by atoms with E-state index < -0.39 is 0 Å². The summed E-state index contributed by atoms with van der Waals surface area (Å²) >= 11 is 12.3. The molecule has 1 aliphatic heterocycles. The second-order valence-electron chi connectivity index (χ2n) is 8.07. The smallest absolute Gasteiger partial charge is 0.166 e. The van der Waals surface area contributed by atoms with Gasteiger partial charge in [0.05, 0.1) is 33.4 Å². The summed E-state index contributed by atoms with van der Waals surface area (Å²) < 4.78 is 14.3. The Bertz CT molecular complexity index is 1340. The highest BCUT2D eigenvalue weighted by Gasteiger charge is 2.28. The molecular weight excluding hydrogens is 463 g/mol. The number of hydrogen-bond donors (Lipinski definition) is 0. The molecule has 3 aromatic heterocycles. The zero-order chi connectivity index (χ0) is 22.9. The third-order valence-corrected chi connectivity index (χ3v) is 6.25. The molecular formula is C23H22Cl2N6O2. The first kappa shape index (κ1) is 21.9. The van der Waals surface area contributed by atoms with E-state index in [1.54, 1.807) is 12.5 Å². The first-order valence-electron chi connectivity index (χ1n) is 10.5. The Morgan fingerprint density at radius 1 is 1.18 bits per heavy atom. The minimum absolute atomic E-state index is 0.0296. The second-order valence-corrected chi connectivity index (χ2v) is 8.85. The molecule has 0 aliphatic carbocycles. The van der Waals surface area contributed by atoms with Crippen molar-refractivity contribution in [1.29, 1.82) is 0 Å². The molecule has 8 nitrogen and oxygen atoms in total. The molecule has 1 aromatic carbocycles. The van der Waals surface area contributed by atoms with Crippen LogP contribution in [0.5, 0.6) is 5.75 Å². The Hall–Kier alpha value is -2.94. The molecule has 4 aromatic rings. The van der Waals surface area contributed by atoms with E-state index >= 15 is 0 Å². The zero-order valence-corrected chi connectivity index (χ0v) is 19.7.